The molecule has 1 aromatic rings. The van der Waals surface area contributed by atoms with E-state index in [4.69, 9.17) is 35.1 Å². The van der Waals surface area contributed by atoms with E-state index in [0.29, 0.717) is 89.7 Å². The molecule has 0 spiro atoms. The monoisotopic (exact) mass is 942 g/mol. The Labute approximate surface area is 382 Å². The van der Waals surface area contributed by atoms with Gasteiger partial charge in [0.2, 0.25) is 17.7 Å². The average molecular weight is 943 g/mol. The summed E-state index contributed by atoms with van der Waals surface area (Å²) in [5.74, 6) is -0.848. The van der Waals surface area contributed by atoms with Gasteiger partial charge in [-0.05, 0) is 49.9 Å². The number of unbranched alkanes of at least 4 members (excludes halogenated alkanes) is 4. The van der Waals surface area contributed by atoms with Crippen molar-refractivity contribution < 1.29 is 82.3 Å². The minimum atomic E-state index is -1.53. The van der Waals surface area contributed by atoms with E-state index in [9.17, 15) is 48.3 Å². The highest BCUT2D eigenvalue weighted by Gasteiger charge is 2.25. The van der Waals surface area contributed by atoms with Crippen molar-refractivity contribution in [3.05, 3.63) is 35.4 Å². The smallest absolute Gasteiger partial charge is 0.326 e. The van der Waals surface area contributed by atoms with Gasteiger partial charge in [0, 0.05) is 63.1 Å². The van der Waals surface area contributed by atoms with Crippen molar-refractivity contribution in [3.63, 3.8) is 0 Å². The Morgan fingerprint density at radius 3 is 1.32 bits per heavy atom. The number of carboxylic acids is 3. The second-order valence-corrected chi connectivity index (χ2v) is 14.3. The maximum atomic E-state index is 12.4. The number of benzene rings is 1. The highest BCUT2D eigenvalue weighted by molar-refractivity contribution is 5.97. The van der Waals surface area contributed by atoms with Crippen molar-refractivity contribution in [3.8, 4) is 0 Å². The predicted octanol–water partition coefficient (Wildman–Crippen LogP) is -1.36. The van der Waals surface area contributed by atoms with Crippen LogP contribution in [0.5, 0.6) is 0 Å². The van der Waals surface area contributed by atoms with Crippen LogP contribution in [-0.4, -0.2) is 173 Å². The summed E-state index contributed by atoms with van der Waals surface area (Å²) < 4.78 is 21.7. The van der Waals surface area contributed by atoms with Crippen LogP contribution in [0.4, 0.5) is 4.79 Å². The van der Waals surface area contributed by atoms with E-state index in [1.165, 1.54) is 0 Å². The summed E-state index contributed by atoms with van der Waals surface area (Å²) in [5, 5.41) is 44.8. The lowest BCUT2D eigenvalue weighted by molar-refractivity contribution is -0.141. The molecule has 1 aromatic carbocycles. The molecule has 0 aliphatic heterocycles. The maximum absolute atomic E-state index is 12.4. The molecule has 0 saturated carbocycles. The van der Waals surface area contributed by atoms with E-state index < -0.39 is 54.8 Å². The molecule has 372 valence electrons. The molecule has 0 aliphatic carbocycles. The maximum Gasteiger partial charge on any atom is 0.326 e. The summed E-state index contributed by atoms with van der Waals surface area (Å²) in [6.07, 6.45) is 2.78. The van der Waals surface area contributed by atoms with Gasteiger partial charge in [-0.3, -0.25) is 33.6 Å². The molecule has 2 atom stereocenters. The first-order chi connectivity index (χ1) is 31.7. The number of aliphatic carboxylic acids is 3. The quantitative estimate of drug-likeness (QED) is 0.0267. The van der Waals surface area contributed by atoms with E-state index in [-0.39, 0.29) is 69.4 Å². The molecule has 25 heteroatoms. The highest BCUT2D eigenvalue weighted by atomic mass is 16.6. The fraction of sp³-hybridized carbons (Fsp3) is 0.634. The van der Waals surface area contributed by atoms with E-state index in [2.05, 4.69) is 36.7 Å². The number of carbonyl (C=O) groups excluding carboxylic acids is 6. The number of rotatable bonds is 40. The first-order valence-electron chi connectivity index (χ1n) is 21.6. The Morgan fingerprint density at radius 1 is 0.470 bits per heavy atom. The topological polar surface area (TPSA) is 371 Å². The molecule has 0 saturated heterocycles. The van der Waals surface area contributed by atoms with Gasteiger partial charge < -0.3 is 71.5 Å². The first kappa shape index (κ1) is 58.0. The molecule has 0 unspecified atom stereocenters. The number of hydrogen-bond donors (Lipinski definition) is 11. The number of carbonyl (C=O) groups is 9. The van der Waals surface area contributed by atoms with Crippen molar-refractivity contribution in [2.24, 2.45) is 5.90 Å². The molecule has 7 amide bonds. The van der Waals surface area contributed by atoms with Gasteiger partial charge >= 0.3 is 23.9 Å². The van der Waals surface area contributed by atoms with E-state index in [0.717, 1.165) is 19.3 Å². The van der Waals surface area contributed by atoms with Crippen LogP contribution in [0, 0.1) is 0 Å². The molecule has 0 bridgehead atoms. The molecular weight excluding hydrogens is 876 g/mol. The summed E-state index contributed by atoms with van der Waals surface area (Å²) in [4.78, 5) is 110. The van der Waals surface area contributed by atoms with Crippen molar-refractivity contribution in [2.45, 2.75) is 76.3 Å². The van der Waals surface area contributed by atoms with Crippen LogP contribution in [-0.2, 0) is 52.6 Å². The normalized spacial score (nSPS) is 11.7. The lowest BCUT2D eigenvalue weighted by Gasteiger charge is -2.18. The fourth-order valence-electron chi connectivity index (χ4n) is 5.51. The zero-order chi connectivity index (χ0) is 48.8. The van der Waals surface area contributed by atoms with Gasteiger partial charge in [-0.1, -0.05) is 19.3 Å². The molecule has 12 N–H and O–H groups in total. The average Bonchev–Trinajstić information content (AvgIpc) is 3.28. The van der Waals surface area contributed by atoms with Gasteiger partial charge in [-0.25, -0.2) is 20.3 Å². The van der Waals surface area contributed by atoms with Gasteiger partial charge in [-0.2, -0.15) is 0 Å². The van der Waals surface area contributed by atoms with Gasteiger partial charge in [0.15, 0.2) is 0 Å². The van der Waals surface area contributed by atoms with Crippen LogP contribution in [0.2, 0.25) is 0 Å². The number of amides is 7. The zero-order valence-corrected chi connectivity index (χ0v) is 37.1. The fourth-order valence-corrected chi connectivity index (χ4v) is 5.51. The standard InChI is InChI=1S/C41H66N8O17/c42-66-28-35(52)45-17-21-63-25-27-65-23-19-47-38(56)30-9-7-29(8-10-30)37(55)46-18-22-64-26-24-62-20-16-44-33(50)6-4-2-1-3-5-15-43-34(51)13-11-31(39(57)58)48-41(61)49-32(40(59)60)12-14-36(53)54/h7-10,31-32H,1-6,11-28,42H2,(H,43,51)(H,44,50)(H,45,52)(H,46,55)(H,47,56)(H,53,54)(H,57,58)(H,59,60)(H2,48,49,61)/t31-,32-/m0/s1. The van der Waals surface area contributed by atoms with E-state index >= 15 is 0 Å². The Balaban J connectivity index is 2.01. The highest BCUT2D eigenvalue weighted by Crippen LogP contribution is 2.07. The van der Waals surface area contributed by atoms with Crippen molar-refractivity contribution in [1.29, 1.82) is 0 Å². The van der Waals surface area contributed by atoms with Crippen molar-refractivity contribution in [1.82, 2.24) is 37.2 Å². The van der Waals surface area contributed by atoms with E-state index in [1.54, 1.807) is 24.3 Å². The number of ether oxygens (including phenoxy) is 4. The molecule has 0 radical (unpaired) electrons. The lowest BCUT2D eigenvalue weighted by Crippen LogP contribution is -2.51. The molecule has 1 rings (SSSR count). The Kier molecular flexibility index (Phi) is 32.8. The summed E-state index contributed by atoms with van der Waals surface area (Å²) in [6.45, 7) is 3.71. The molecule has 0 aliphatic rings. The number of nitrogens with two attached hydrogens (primary N) is 1. The van der Waals surface area contributed by atoms with Crippen molar-refractivity contribution in [2.75, 3.05) is 92.2 Å². The second kappa shape index (κ2) is 37.3. The van der Waals surface area contributed by atoms with Crippen LogP contribution < -0.4 is 43.1 Å². The van der Waals surface area contributed by atoms with Crippen LogP contribution in [0.1, 0.15) is 84.9 Å². The third-order valence-corrected chi connectivity index (χ3v) is 8.99. The van der Waals surface area contributed by atoms with Gasteiger partial charge in [-0.15, -0.1) is 0 Å². The zero-order valence-electron chi connectivity index (χ0n) is 37.1. The molecule has 0 fully saturated rings. The predicted molar refractivity (Wildman–Crippen MR) is 232 cm³/mol. The molecule has 25 nitrogen and oxygen atoms in total. The minimum Gasteiger partial charge on any atom is -0.481 e. The summed E-state index contributed by atoms with van der Waals surface area (Å²) >= 11 is 0. The van der Waals surface area contributed by atoms with Gasteiger partial charge in [0.05, 0.1) is 52.9 Å². The van der Waals surface area contributed by atoms with Gasteiger partial charge in [0.1, 0.15) is 18.7 Å². The third kappa shape index (κ3) is 31.0. The summed E-state index contributed by atoms with van der Waals surface area (Å²) in [5.41, 5.74) is 0.771. The lowest BCUT2D eigenvalue weighted by atomic mass is 10.1. The number of urea groups is 1. The van der Waals surface area contributed by atoms with Crippen LogP contribution in [0.3, 0.4) is 0 Å². The number of carboxylic acid groups (broad SMARTS) is 3. The molecule has 0 heterocycles. The second-order valence-electron chi connectivity index (χ2n) is 14.3. The van der Waals surface area contributed by atoms with Gasteiger partial charge in [0.25, 0.3) is 11.8 Å². The minimum absolute atomic E-state index is 0.0970. The molecule has 0 aromatic heterocycles. The Morgan fingerprint density at radius 2 is 0.864 bits per heavy atom. The number of hydrogen-bond acceptors (Lipinski definition) is 15. The van der Waals surface area contributed by atoms with Crippen LogP contribution in [0.25, 0.3) is 0 Å². The largest absolute Gasteiger partial charge is 0.481 e. The summed E-state index contributed by atoms with van der Waals surface area (Å²) in [6, 6.07) is 2.07. The summed E-state index contributed by atoms with van der Waals surface area (Å²) in [7, 11) is 0. The van der Waals surface area contributed by atoms with Crippen LogP contribution in [0.15, 0.2) is 24.3 Å². The Hall–Kier alpha value is -5.99. The third-order valence-electron chi connectivity index (χ3n) is 8.99. The SMILES string of the molecule is NOCC(=O)NCCOCCOCCNC(=O)c1ccc(C(=O)NCCOCCOCCNC(=O)CCCCCCCNC(=O)CC[C@H](NC(=O)N[C@@H](CCC(=O)O)C(=O)O)C(=O)O)cc1. The Bertz CT molecular complexity index is 1640. The first-order valence-corrected chi connectivity index (χ1v) is 21.6. The van der Waals surface area contributed by atoms with E-state index in [1.807, 2.05) is 5.32 Å². The van der Waals surface area contributed by atoms with Crippen molar-refractivity contribution >= 4 is 53.5 Å². The number of nitrogens with one attached hydrogen (secondary N) is 7. The molecule has 66 heavy (non-hydrogen) atoms. The molecular formula is C41H66N8O17. The van der Waals surface area contributed by atoms with Crippen LogP contribution >= 0.6 is 0 Å².